The monoisotopic (exact) mass is 378 g/mol. The van der Waals surface area contributed by atoms with E-state index >= 15 is 0 Å². The van der Waals surface area contributed by atoms with E-state index in [9.17, 15) is 5.26 Å². The smallest absolute Gasteiger partial charge is 0.200 e. The van der Waals surface area contributed by atoms with Crippen molar-refractivity contribution in [2.24, 2.45) is 4.99 Å². The first kappa shape index (κ1) is 18.5. The van der Waals surface area contributed by atoms with E-state index in [1.807, 2.05) is 31.3 Å². The predicted molar refractivity (Wildman–Crippen MR) is 110 cm³/mol. The third kappa shape index (κ3) is 4.02. The summed E-state index contributed by atoms with van der Waals surface area (Å²) in [5.41, 5.74) is 2.93. The van der Waals surface area contributed by atoms with Crippen molar-refractivity contribution >= 4 is 17.4 Å². The largest absolute Gasteiger partial charge is 0.378 e. The third-order valence-corrected chi connectivity index (χ3v) is 5.39. The molecule has 7 heteroatoms. The Morgan fingerprint density at radius 3 is 2.82 bits per heavy atom. The molecule has 7 nitrogen and oxygen atoms in total. The van der Waals surface area contributed by atoms with Gasteiger partial charge < -0.3 is 20.3 Å². The summed E-state index contributed by atoms with van der Waals surface area (Å²) in [6, 6.07) is 8.54. The molecule has 0 aromatic carbocycles. The minimum Gasteiger partial charge on any atom is -0.378 e. The van der Waals surface area contributed by atoms with Gasteiger partial charge in [0.25, 0.3) is 0 Å². The van der Waals surface area contributed by atoms with E-state index in [1.54, 1.807) is 0 Å². The fraction of sp³-hybridized carbons (Fsp3) is 0.476. The fourth-order valence-electron chi connectivity index (χ4n) is 3.82. The molecule has 2 N–H and O–H groups in total. The van der Waals surface area contributed by atoms with Gasteiger partial charge in [-0.3, -0.25) is 0 Å². The molecule has 0 amide bonds. The predicted octanol–water partition coefficient (Wildman–Crippen LogP) is 2.55. The normalized spacial score (nSPS) is 23.6. The van der Waals surface area contributed by atoms with Crippen LogP contribution in [0.15, 0.2) is 40.7 Å². The molecule has 0 bridgehead atoms. The second-order valence-corrected chi connectivity index (χ2v) is 7.35. The second-order valence-electron chi connectivity index (χ2n) is 7.35. The van der Waals surface area contributed by atoms with Gasteiger partial charge in [0, 0.05) is 19.3 Å². The van der Waals surface area contributed by atoms with Gasteiger partial charge in [0.1, 0.15) is 17.5 Å². The summed E-state index contributed by atoms with van der Waals surface area (Å²) in [6.45, 7) is 5.01. The lowest BCUT2D eigenvalue weighted by Gasteiger charge is -2.28. The number of nitriles is 1. The number of rotatable bonds is 3. The zero-order chi connectivity index (χ0) is 19.3. The van der Waals surface area contributed by atoms with Gasteiger partial charge in [-0.1, -0.05) is 18.9 Å². The SMILES string of the molecule is CC1=CNC(=NC2CCCC2)N/C1=C(/C#N)c1cccc(N2CCOCC2)n1. The Hall–Kier alpha value is -2.85. The molecule has 3 heterocycles. The van der Waals surface area contributed by atoms with Gasteiger partial charge in [0.15, 0.2) is 5.96 Å². The first-order valence-electron chi connectivity index (χ1n) is 9.97. The van der Waals surface area contributed by atoms with Crippen LogP contribution in [0.25, 0.3) is 5.57 Å². The van der Waals surface area contributed by atoms with E-state index in [4.69, 9.17) is 14.7 Å². The average Bonchev–Trinajstić information content (AvgIpc) is 3.25. The van der Waals surface area contributed by atoms with Crippen molar-refractivity contribution in [3.8, 4) is 6.07 Å². The molecule has 1 aromatic rings. The molecule has 146 valence electrons. The summed E-state index contributed by atoms with van der Waals surface area (Å²) in [4.78, 5) is 11.7. The highest BCUT2D eigenvalue weighted by molar-refractivity contribution is 5.91. The molecule has 4 rings (SSSR count). The highest BCUT2D eigenvalue weighted by Gasteiger charge is 2.21. The van der Waals surface area contributed by atoms with Gasteiger partial charge in [-0.05, 0) is 37.5 Å². The maximum absolute atomic E-state index is 9.91. The van der Waals surface area contributed by atoms with Crippen LogP contribution in [0.4, 0.5) is 5.82 Å². The van der Waals surface area contributed by atoms with Gasteiger partial charge in [-0.25, -0.2) is 9.98 Å². The molecule has 1 aromatic heterocycles. The Morgan fingerprint density at radius 1 is 1.29 bits per heavy atom. The van der Waals surface area contributed by atoms with E-state index in [0.717, 1.165) is 43.0 Å². The lowest BCUT2D eigenvalue weighted by Crippen LogP contribution is -2.39. The zero-order valence-electron chi connectivity index (χ0n) is 16.2. The molecule has 1 aliphatic carbocycles. The molecule has 1 saturated carbocycles. The van der Waals surface area contributed by atoms with Crippen molar-refractivity contribution < 1.29 is 4.74 Å². The zero-order valence-corrected chi connectivity index (χ0v) is 16.2. The highest BCUT2D eigenvalue weighted by atomic mass is 16.5. The molecule has 2 fully saturated rings. The maximum atomic E-state index is 9.91. The van der Waals surface area contributed by atoms with Crippen molar-refractivity contribution in [3.05, 3.63) is 41.4 Å². The van der Waals surface area contributed by atoms with E-state index in [2.05, 4.69) is 21.6 Å². The number of morpholine rings is 1. The number of nitrogens with one attached hydrogen (secondary N) is 2. The highest BCUT2D eigenvalue weighted by Crippen LogP contribution is 2.25. The molecule has 0 unspecified atom stereocenters. The standard InChI is InChI=1S/C21H26N6O/c1-15-14-23-21(24-16-5-2-3-6-16)26-20(15)17(13-22)18-7-4-8-19(25-18)27-9-11-28-12-10-27/h4,7-8,14,16H,2-3,5-6,9-12H2,1H3,(H2,23,24,26)/b20-17-. The van der Waals surface area contributed by atoms with Crippen LogP contribution < -0.4 is 15.5 Å². The number of hydrogen-bond acceptors (Lipinski definition) is 5. The summed E-state index contributed by atoms with van der Waals surface area (Å²) < 4.78 is 5.43. The van der Waals surface area contributed by atoms with Crippen LogP contribution in [-0.4, -0.2) is 43.3 Å². The van der Waals surface area contributed by atoms with Crippen molar-refractivity contribution in [3.63, 3.8) is 0 Å². The van der Waals surface area contributed by atoms with Crippen LogP contribution in [-0.2, 0) is 4.74 Å². The molecule has 28 heavy (non-hydrogen) atoms. The van der Waals surface area contributed by atoms with Crippen LogP contribution in [0.2, 0.25) is 0 Å². The first-order valence-corrected chi connectivity index (χ1v) is 9.97. The molecule has 2 aliphatic heterocycles. The summed E-state index contributed by atoms with van der Waals surface area (Å²) in [5, 5.41) is 16.5. The van der Waals surface area contributed by atoms with Crippen LogP contribution >= 0.6 is 0 Å². The molecule has 1 saturated heterocycles. The summed E-state index contributed by atoms with van der Waals surface area (Å²) in [6.07, 6.45) is 6.63. The molecule has 3 aliphatic rings. The number of aliphatic imine (C=N–C) groups is 1. The van der Waals surface area contributed by atoms with Gasteiger partial charge in [-0.2, -0.15) is 5.26 Å². The van der Waals surface area contributed by atoms with E-state index in [1.165, 1.54) is 12.8 Å². The van der Waals surface area contributed by atoms with Gasteiger partial charge in [0.05, 0.1) is 30.6 Å². The number of pyridine rings is 1. The maximum Gasteiger partial charge on any atom is 0.200 e. The van der Waals surface area contributed by atoms with E-state index in [-0.39, 0.29) is 0 Å². The number of aromatic nitrogens is 1. The summed E-state index contributed by atoms with van der Waals surface area (Å²) >= 11 is 0. The summed E-state index contributed by atoms with van der Waals surface area (Å²) in [7, 11) is 0. The number of anilines is 1. The Kier molecular flexibility index (Phi) is 5.58. The Balaban J connectivity index is 1.64. The van der Waals surface area contributed by atoms with Gasteiger partial charge in [-0.15, -0.1) is 0 Å². The quantitative estimate of drug-likeness (QED) is 0.786. The lowest BCUT2D eigenvalue weighted by atomic mass is 10.0. The Bertz CT molecular complexity index is 854. The molecular weight excluding hydrogens is 352 g/mol. The number of nitrogens with zero attached hydrogens (tertiary/aromatic N) is 4. The van der Waals surface area contributed by atoms with E-state index in [0.29, 0.717) is 36.5 Å². The van der Waals surface area contributed by atoms with Gasteiger partial charge >= 0.3 is 0 Å². The summed E-state index contributed by atoms with van der Waals surface area (Å²) in [5.74, 6) is 1.59. The minimum atomic E-state index is 0.358. The molecule has 0 atom stereocenters. The molecular formula is C21H26N6O. The molecule has 0 radical (unpaired) electrons. The molecule has 0 spiro atoms. The van der Waals surface area contributed by atoms with Crippen molar-refractivity contribution in [1.82, 2.24) is 15.6 Å². The minimum absolute atomic E-state index is 0.358. The van der Waals surface area contributed by atoms with Crippen LogP contribution in [0, 0.1) is 11.3 Å². The third-order valence-electron chi connectivity index (χ3n) is 5.39. The number of hydrogen-bond donors (Lipinski definition) is 2. The number of allylic oxidation sites excluding steroid dienone is 2. The van der Waals surface area contributed by atoms with E-state index < -0.39 is 0 Å². The number of ether oxygens (including phenoxy) is 1. The van der Waals surface area contributed by atoms with Crippen LogP contribution in [0.3, 0.4) is 0 Å². The van der Waals surface area contributed by atoms with Crippen LogP contribution in [0.1, 0.15) is 38.3 Å². The Labute approximate surface area is 165 Å². The lowest BCUT2D eigenvalue weighted by molar-refractivity contribution is 0.122. The van der Waals surface area contributed by atoms with Crippen LogP contribution in [0.5, 0.6) is 0 Å². The fourth-order valence-corrected chi connectivity index (χ4v) is 3.82. The van der Waals surface area contributed by atoms with Crippen molar-refractivity contribution in [2.45, 2.75) is 38.6 Å². The van der Waals surface area contributed by atoms with Gasteiger partial charge in [0.2, 0.25) is 0 Å². The average molecular weight is 378 g/mol. The van der Waals surface area contributed by atoms with Crippen molar-refractivity contribution in [1.29, 1.82) is 5.26 Å². The first-order chi connectivity index (χ1) is 13.7. The topological polar surface area (TPSA) is 85.6 Å². The Morgan fingerprint density at radius 2 is 2.07 bits per heavy atom. The second kappa shape index (κ2) is 8.44. The number of guanidine groups is 1. The van der Waals surface area contributed by atoms with Crippen molar-refractivity contribution in [2.75, 3.05) is 31.2 Å².